The first-order valence-electron chi connectivity index (χ1n) is 3.77. The summed E-state index contributed by atoms with van der Waals surface area (Å²) in [5.74, 6) is 1.04. The Morgan fingerprint density at radius 3 is 3.00 bits per heavy atom. The van der Waals surface area contributed by atoms with Gasteiger partial charge < -0.3 is 5.73 Å². The van der Waals surface area contributed by atoms with E-state index in [1.54, 1.807) is 0 Å². The maximum Gasteiger partial charge on any atom is 0.499 e. The number of hydrogen-bond acceptors (Lipinski definition) is 2. The molecule has 1 atom stereocenters. The fourth-order valence-corrected chi connectivity index (χ4v) is 1.20. The molecule has 6 heteroatoms. The number of nitrogens with one attached hydrogen (secondary N) is 2. The molecule has 6 nitrogen and oxygen atoms in total. The van der Waals surface area contributed by atoms with Gasteiger partial charge in [-0.2, -0.15) is 4.99 Å². The summed E-state index contributed by atoms with van der Waals surface area (Å²) in [6.07, 6.45) is 1.43. The molecule has 0 fully saturated rings. The van der Waals surface area contributed by atoms with Crippen molar-refractivity contribution in [3.8, 4) is 0 Å². The lowest BCUT2D eigenvalue weighted by molar-refractivity contribution is -0.846. The van der Waals surface area contributed by atoms with Gasteiger partial charge in [-0.25, -0.2) is 0 Å². The Morgan fingerprint density at radius 1 is 1.83 bits per heavy atom. The third-order valence-corrected chi connectivity index (χ3v) is 1.81. The van der Waals surface area contributed by atoms with E-state index in [1.807, 2.05) is 6.92 Å². The van der Waals surface area contributed by atoms with Gasteiger partial charge in [0, 0.05) is 0 Å². The third-order valence-electron chi connectivity index (χ3n) is 1.81. The van der Waals surface area contributed by atoms with Crippen LogP contribution in [-0.2, 0) is 0 Å². The molecule has 0 saturated carbocycles. The van der Waals surface area contributed by atoms with Gasteiger partial charge in [-0.15, -0.1) is 4.90 Å². The molecule has 12 heavy (non-hydrogen) atoms. The average Bonchev–Trinajstić information content (AvgIpc) is 2.34. The van der Waals surface area contributed by atoms with Gasteiger partial charge in [0.25, 0.3) is 0 Å². The van der Waals surface area contributed by atoms with Gasteiger partial charge in [-0.1, -0.05) is 0 Å². The molecule has 5 N–H and O–H groups in total. The Balaban J connectivity index is 2.74. The minimum atomic E-state index is -0.367. The predicted molar refractivity (Wildman–Crippen MR) is 40.3 cm³/mol. The lowest BCUT2D eigenvalue weighted by Gasteiger charge is -2.02. The van der Waals surface area contributed by atoms with Crippen molar-refractivity contribution in [3.63, 3.8) is 0 Å². The van der Waals surface area contributed by atoms with E-state index in [2.05, 4.69) is 10.7 Å². The first-order chi connectivity index (χ1) is 5.66. The number of nitro groups is 1. The molecule has 1 aliphatic heterocycles. The molecule has 0 aliphatic carbocycles. The molecule has 0 radical (unpaired) electrons. The van der Waals surface area contributed by atoms with Gasteiger partial charge in [0.1, 0.15) is 18.0 Å². The molecule has 1 heterocycles. The maximum atomic E-state index is 10.5. The maximum absolute atomic E-state index is 10.5. The van der Waals surface area contributed by atoms with Crippen LogP contribution in [0.2, 0.25) is 0 Å². The zero-order valence-corrected chi connectivity index (χ0v) is 6.96. The molecule has 1 aliphatic rings. The van der Waals surface area contributed by atoms with E-state index in [4.69, 9.17) is 0 Å². The second-order valence-corrected chi connectivity index (χ2v) is 2.64. The van der Waals surface area contributed by atoms with Crippen molar-refractivity contribution in [1.29, 1.82) is 0 Å². The number of amidine groups is 1. The Morgan fingerprint density at radius 2 is 2.50 bits per heavy atom. The topological polar surface area (TPSA) is 89.2 Å². The molecule has 0 amide bonds. The van der Waals surface area contributed by atoms with Crippen LogP contribution in [0.15, 0.2) is 12.0 Å². The monoisotopic (exact) mass is 173 g/mol. The summed E-state index contributed by atoms with van der Waals surface area (Å²) < 4.78 is 0. The van der Waals surface area contributed by atoms with Crippen LogP contribution in [0.25, 0.3) is 0 Å². The van der Waals surface area contributed by atoms with E-state index in [9.17, 15) is 10.1 Å². The lowest BCUT2D eigenvalue weighted by atomic mass is 10.5. The molecule has 0 aromatic carbocycles. The molecular formula is C6H13N4O2+3. The van der Waals surface area contributed by atoms with Crippen LogP contribution in [0.5, 0.6) is 0 Å². The summed E-state index contributed by atoms with van der Waals surface area (Å²) in [7, 11) is 0. The van der Waals surface area contributed by atoms with Gasteiger partial charge in [-0.05, 0) is 0 Å². The van der Waals surface area contributed by atoms with Crippen LogP contribution in [0, 0.1) is 10.1 Å². The van der Waals surface area contributed by atoms with E-state index in [0.29, 0.717) is 13.1 Å². The largest absolute Gasteiger partial charge is 0.499 e. The smallest absolute Gasteiger partial charge is 0.353 e. The molecular weight excluding hydrogens is 160 g/mol. The first-order valence-corrected chi connectivity index (χ1v) is 3.77. The highest BCUT2D eigenvalue weighted by atomic mass is 16.6. The SMILES string of the molecule is CC1=[NH+]C=C([N+](=O)[O-])[NH+]1CC[NH3+]. The van der Waals surface area contributed by atoms with Gasteiger partial charge >= 0.3 is 17.9 Å². The fourth-order valence-electron chi connectivity index (χ4n) is 1.20. The Kier molecular flexibility index (Phi) is 2.51. The van der Waals surface area contributed by atoms with Crippen LogP contribution in [0.3, 0.4) is 0 Å². The molecule has 0 saturated heterocycles. The van der Waals surface area contributed by atoms with Crippen molar-refractivity contribution in [3.05, 3.63) is 22.1 Å². The number of quaternary nitrogens is 2. The molecule has 0 spiro atoms. The van der Waals surface area contributed by atoms with Crippen molar-refractivity contribution < 1.29 is 20.5 Å². The Bertz CT molecular complexity index is 258. The van der Waals surface area contributed by atoms with E-state index < -0.39 is 0 Å². The average molecular weight is 173 g/mol. The summed E-state index contributed by atoms with van der Waals surface area (Å²) in [4.78, 5) is 13.7. The second-order valence-electron chi connectivity index (χ2n) is 2.64. The highest BCUT2D eigenvalue weighted by Crippen LogP contribution is 1.81. The Labute approximate surface area is 69.5 Å². The van der Waals surface area contributed by atoms with Crippen molar-refractivity contribution in [2.24, 2.45) is 0 Å². The summed E-state index contributed by atoms with van der Waals surface area (Å²) in [5.41, 5.74) is 3.67. The number of nitrogens with zero attached hydrogens (tertiary/aromatic N) is 1. The lowest BCUT2D eigenvalue weighted by Crippen LogP contribution is -3.16. The predicted octanol–water partition coefficient (Wildman–Crippen LogP) is -4.30. The minimum absolute atomic E-state index is 0.177. The zero-order chi connectivity index (χ0) is 9.14. The van der Waals surface area contributed by atoms with Crippen LogP contribution < -0.4 is 15.6 Å². The summed E-state index contributed by atoms with van der Waals surface area (Å²) in [6, 6.07) is 0. The Hall–Kier alpha value is -1.27. The first kappa shape index (κ1) is 8.82. The fraction of sp³-hybridized carbons (Fsp3) is 0.500. The van der Waals surface area contributed by atoms with Crippen LogP contribution >= 0.6 is 0 Å². The normalized spacial score (nSPS) is 22.0. The summed E-state index contributed by atoms with van der Waals surface area (Å²) in [5, 5.41) is 10.5. The molecule has 1 unspecified atom stereocenters. The van der Waals surface area contributed by atoms with Crippen molar-refractivity contribution >= 4 is 5.84 Å². The van der Waals surface area contributed by atoms with Gasteiger partial charge in [-0.3, -0.25) is 10.1 Å². The molecule has 0 aromatic heterocycles. The van der Waals surface area contributed by atoms with Crippen molar-refractivity contribution in [2.75, 3.05) is 13.1 Å². The van der Waals surface area contributed by atoms with Crippen molar-refractivity contribution in [1.82, 2.24) is 0 Å². The van der Waals surface area contributed by atoms with E-state index >= 15 is 0 Å². The van der Waals surface area contributed by atoms with Crippen LogP contribution in [0.1, 0.15) is 6.92 Å². The molecule has 0 bridgehead atoms. The number of rotatable bonds is 3. The standard InChI is InChI=1S/C6H10N4O2/c1-5-8-4-6(10(11)12)9(5)3-2-7/h4H,2-3,7H2,1H3/p+3. The minimum Gasteiger partial charge on any atom is -0.353 e. The summed E-state index contributed by atoms with van der Waals surface area (Å²) >= 11 is 0. The van der Waals surface area contributed by atoms with E-state index in [0.717, 1.165) is 10.7 Å². The molecule has 1 rings (SSSR count). The highest BCUT2D eigenvalue weighted by Gasteiger charge is 2.39. The number of hydrogen-bond donors (Lipinski definition) is 3. The second kappa shape index (κ2) is 3.42. The van der Waals surface area contributed by atoms with E-state index in [1.165, 1.54) is 6.20 Å². The van der Waals surface area contributed by atoms with Gasteiger partial charge in [0.2, 0.25) is 0 Å². The quantitative estimate of drug-likeness (QED) is 0.298. The van der Waals surface area contributed by atoms with Crippen molar-refractivity contribution in [2.45, 2.75) is 6.92 Å². The van der Waals surface area contributed by atoms with E-state index in [-0.39, 0.29) is 10.7 Å². The molecule has 0 aromatic rings. The van der Waals surface area contributed by atoms with Gasteiger partial charge in [0.05, 0.1) is 6.92 Å². The van der Waals surface area contributed by atoms with Crippen LogP contribution in [-0.4, -0.2) is 23.8 Å². The zero-order valence-electron chi connectivity index (χ0n) is 6.96. The highest BCUT2D eigenvalue weighted by molar-refractivity contribution is 5.65. The summed E-state index contributed by atoms with van der Waals surface area (Å²) in [6.45, 7) is 3.17. The van der Waals surface area contributed by atoms with Crippen LogP contribution in [0.4, 0.5) is 0 Å². The van der Waals surface area contributed by atoms with Gasteiger partial charge in [0.15, 0.2) is 0 Å². The third kappa shape index (κ3) is 1.49. The molecule has 66 valence electrons.